The van der Waals surface area contributed by atoms with Crippen molar-refractivity contribution >= 4 is 11.0 Å². The molecule has 5 heteroatoms. The number of rotatable bonds is 5. The van der Waals surface area contributed by atoms with Gasteiger partial charge in [0.15, 0.2) is 0 Å². The van der Waals surface area contributed by atoms with Crippen LogP contribution in [0.15, 0.2) is 33.5 Å². The normalized spacial score (nSPS) is 19.1. The van der Waals surface area contributed by atoms with E-state index in [1.165, 1.54) is 6.07 Å². The fourth-order valence-corrected chi connectivity index (χ4v) is 3.19. The lowest BCUT2D eigenvalue weighted by molar-refractivity contribution is 0.107. The second kappa shape index (κ2) is 7.15. The van der Waals surface area contributed by atoms with Gasteiger partial charge in [-0.2, -0.15) is 0 Å². The van der Waals surface area contributed by atoms with Gasteiger partial charge >= 0.3 is 5.63 Å². The van der Waals surface area contributed by atoms with Crippen LogP contribution in [0.1, 0.15) is 18.4 Å². The van der Waals surface area contributed by atoms with Gasteiger partial charge in [0, 0.05) is 37.2 Å². The first-order valence-electron chi connectivity index (χ1n) is 8.16. The Labute approximate surface area is 135 Å². The zero-order valence-corrected chi connectivity index (χ0v) is 13.5. The van der Waals surface area contributed by atoms with E-state index in [2.05, 4.69) is 4.90 Å². The molecule has 1 aromatic carbocycles. The summed E-state index contributed by atoms with van der Waals surface area (Å²) in [6, 6.07) is 7.10. The Morgan fingerprint density at radius 2 is 2.26 bits per heavy atom. The summed E-state index contributed by atoms with van der Waals surface area (Å²) in [6.45, 7) is 5.58. The molecule has 0 bridgehead atoms. The van der Waals surface area contributed by atoms with Crippen LogP contribution < -0.4 is 10.4 Å². The van der Waals surface area contributed by atoms with Crippen LogP contribution in [0, 0.1) is 12.8 Å². The zero-order valence-electron chi connectivity index (χ0n) is 13.5. The maximum Gasteiger partial charge on any atom is 0.336 e. The molecule has 0 aliphatic carbocycles. The number of aryl methyl sites for hydroxylation is 1. The van der Waals surface area contributed by atoms with Crippen LogP contribution in [0.5, 0.6) is 5.75 Å². The number of hydrogen-bond donors (Lipinski definition) is 1. The molecule has 0 spiro atoms. The largest absolute Gasteiger partial charge is 0.492 e. The number of aliphatic hydroxyl groups is 1. The molecule has 0 amide bonds. The molecule has 2 heterocycles. The Morgan fingerprint density at radius 1 is 1.39 bits per heavy atom. The SMILES string of the molecule is Cc1cc(=O)oc2cc(OCCN3CCCC(CO)C3)ccc12. The molecule has 1 N–H and O–H groups in total. The lowest BCUT2D eigenvalue weighted by Crippen LogP contribution is -2.39. The number of ether oxygens (including phenoxy) is 1. The summed E-state index contributed by atoms with van der Waals surface area (Å²) in [7, 11) is 0. The smallest absolute Gasteiger partial charge is 0.336 e. The number of likely N-dealkylation sites (tertiary alicyclic amines) is 1. The van der Waals surface area contributed by atoms with Crippen molar-refractivity contribution in [2.75, 3.05) is 32.8 Å². The molecule has 1 aliphatic rings. The maximum atomic E-state index is 11.5. The molecule has 1 fully saturated rings. The topological polar surface area (TPSA) is 62.9 Å². The van der Waals surface area contributed by atoms with Gasteiger partial charge in [-0.1, -0.05) is 0 Å². The van der Waals surface area contributed by atoms with Crippen molar-refractivity contribution in [2.45, 2.75) is 19.8 Å². The van der Waals surface area contributed by atoms with Gasteiger partial charge < -0.3 is 14.3 Å². The van der Waals surface area contributed by atoms with Crippen molar-refractivity contribution in [3.05, 3.63) is 40.2 Å². The van der Waals surface area contributed by atoms with Crippen molar-refractivity contribution in [3.8, 4) is 5.75 Å². The van der Waals surface area contributed by atoms with Crippen LogP contribution >= 0.6 is 0 Å². The molecule has 1 aliphatic heterocycles. The summed E-state index contributed by atoms with van der Waals surface area (Å²) in [4.78, 5) is 13.8. The lowest BCUT2D eigenvalue weighted by atomic mass is 9.99. The van der Waals surface area contributed by atoms with Crippen LogP contribution in [0.2, 0.25) is 0 Å². The predicted octanol–water partition coefficient (Wildman–Crippen LogP) is 2.18. The summed E-state index contributed by atoms with van der Waals surface area (Å²) in [5.74, 6) is 1.10. The molecule has 2 aromatic rings. The molecule has 3 rings (SSSR count). The minimum Gasteiger partial charge on any atom is -0.492 e. The van der Waals surface area contributed by atoms with E-state index >= 15 is 0 Å². The van der Waals surface area contributed by atoms with Crippen molar-refractivity contribution in [1.29, 1.82) is 0 Å². The van der Waals surface area contributed by atoms with Crippen molar-refractivity contribution in [2.24, 2.45) is 5.92 Å². The molecule has 23 heavy (non-hydrogen) atoms. The second-order valence-electron chi connectivity index (χ2n) is 6.25. The van der Waals surface area contributed by atoms with E-state index in [9.17, 15) is 9.90 Å². The molecule has 1 aromatic heterocycles. The van der Waals surface area contributed by atoms with Crippen LogP contribution in [0.25, 0.3) is 11.0 Å². The first-order valence-corrected chi connectivity index (χ1v) is 8.16. The maximum absolute atomic E-state index is 11.5. The number of piperidine rings is 1. The van der Waals surface area contributed by atoms with E-state index < -0.39 is 0 Å². The van der Waals surface area contributed by atoms with E-state index in [0.29, 0.717) is 23.9 Å². The standard InChI is InChI=1S/C18H23NO4/c1-13-9-18(21)23-17-10-15(4-5-16(13)17)22-8-7-19-6-2-3-14(11-19)12-20/h4-5,9-10,14,20H,2-3,6-8,11-12H2,1H3. The average Bonchev–Trinajstić information content (AvgIpc) is 2.54. The number of benzene rings is 1. The average molecular weight is 317 g/mol. The quantitative estimate of drug-likeness (QED) is 0.857. The fraction of sp³-hybridized carbons (Fsp3) is 0.500. The van der Waals surface area contributed by atoms with Gasteiger partial charge in [-0.15, -0.1) is 0 Å². The van der Waals surface area contributed by atoms with E-state index in [0.717, 1.165) is 43.4 Å². The van der Waals surface area contributed by atoms with E-state index in [1.807, 2.05) is 19.1 Å². The minimum absolute atomic E-state index is 0.264. The molecule has 1 atom stereocenters. The molecule has 5 nitrogen and oxygen atoms in total. The third-order valence-corrected chi connectivity index (χ3v) is 4.46. The summed E-state index contributed by atoms with van der Waals surface area (Å²) in [6.07, 6.45) is 2.24. The molecule has 0 saturated carbocycles. The van der Waals surface area contributed by atoms with E-state index in [4.69, 9.17) is 9.15 Å². The molecular weight excluding hydrogens is 294 g/mol. The highest BCUT2D eigenvalue weighted by atomic mass is 16.5. The van der Waals surface area contributed by atoms with Gasteiger partial charge in [-0.05, 0) is 49.9 Å². The third-order valence-electron chi connectivity index (χ3n) is 4.46. The van der Waals surface area contributed by atoms with Gasteiger partial charge in [0.2, 0.25) is 0 Å². The summed E-state index contributed by atoms with van der Waals surface area (Å²) >= 11 is 0. The predicted molar refractivity (Wildman–Crippen MR) is 89.0 cm³/mol. The Kier molecular flexibility index (Phi) is 4.98. The van der Waals surface area contributed by atoms with E-state index in [-0.39, 0.29) is 12.2 Å². The van der Waals surface area contributed by atoms with Crippen LogP contribution in [0.3, 0.4) is 0 Å². The first kappa shape index (κ1) is 16.0. The van der Waals surface area contributed by atoms with E-state index in [1.54, 1.807) is 6.07 Å². The second-order valence-corrected chi connectivity index (χ2v) is 6.25. The first-order chi connectivity index (χ1) is 11.2. The van der Waals surface area contributed by atoms with Gasteiger partial charge in [0.1, 0.15) is 17.9 Å². The lowest BCUT2D eigenvalue weighted by Gasteiger charge is -2.31. The zero-order chi connectivity index (χ0) is 16.2. The number of hydrogen-bond acceptors (Lipinski definition) is 5. The summed E-state index contributed by atoms with van der Waals surface area (Å²) < 4.78 is 11.0. The van der Waals surface area contributed by atoms with Crippen molar-refractivity contribution in [3.63, 3.8) is 0 Å². The fourth-order valence-electron chi connectivity index (χ4n) is 3.19. The molecule has 124 valence electrons. The van der Waals surface area contributed by atoms with Crippen LogP contribution in [-0.2, 0) is 0 Å². The number of nitrogens with zero attached hydrogens (tertiary/aromatic N) is 1. The monoisotopic (exact) mass is 317 g/mol. The Morgan fingerprint density at radius 3 is 3.09 bits per heavy atom. The molecule has 1 saturated heterocycles. The number of fused-ring (bicyclic) bond motifs is 1. The summed E-state index contributed by atoms with van der Waals surface area (Å²) in [5.41, 5.74) is 1.13. The minimum atomic E-state index is -0.337. The molecule has 1 unspecified atom stereocenters. The van der Waals surface area contributed by atoms with Gasteiger partial charge in [-0.25, -0.2) is 4.79 Å². The van der Waals surface area contributed by atoms with Gasteiger partial charge in [0.05, 0.1) is 0 Å². The third kappa shape index (κ3) is 3.92. The molecule has 0 radical (unpaired) electrons. The Balaban J connectivity index is 1.60. The Hall–Kier alpha value is -1.85. The van der Waals surface area contributed by atoms with Crippen LogP contribution in [0.4, 0.5) is 0 Å². The highest BCUT2D eigenvalue weighted by Crippen LogP contribution is 2.22. The van der Waals surface area contributed by atoms with Crippen LogP contribution in [-0.4, -0.2) is 42.9 Å². The molecular formula is C18H23NO4. The highest BCUT2D eigenvalue weighted by molar-refractivity contribution is 5.81. The van der Waals surface area contributed by atoms with Gasteiger partial charge in [-0.3, -0.25) is 4.90 Å². The summed E-state index contributed by atoms with van der Waals surface area (Å²) in [5, 5.41) is 10.2. The van der Waals surface area contributed by atoms with Crippen molar-refractivity contribution in [1.82, 2.24) is 4.90 Å². The van der Waals surface area contributed by atoms with Gasteiger partial charge in [0.25, 0.3) is 0 Å². The number of aliphatic hydroxyl groups excluding tert-OH is 1. The van der Waals surface area contributed by atoms with Crippen molar-refractivity contribution < 1.29 is 14.3 Å². The Bertz CT molecular complexity index is 725. The highest BCUT2D eigenvalue weighted by Gasteiger charge is 2.18.